The Morgan fingerprint density at radius 1 is 1.45 bits per heavy atom. The number of rotatable bonds is 5. The minimum Gasteiger partial charge on any atom is -0.388 e. The molecule has 5 nitrogen and oxygen atoms in total. The van der Waals surface area contributed by atoms with Crippen molar-refractivity contribution < 1.29 is 9.90 Å². The molecule has 20 heavy (non-hydrogen) atoms. The number of aliphatic hydroxyl groups is 1. The Labute approximate surface area is 120 Å². The van der Waals surface area contributed by atoms with Gasteiger partial charge in [-0.05, 0) is 31.2 Å². The first-order valence-electron chi connectivity index (χ1n) is 7.53. The van der Waals surface area contributed by atoms with E-state index in [4.69, 9.17) is 0 Å². The lowest BCUT2D eigenvalue weighted by atomic mass is 9.85. The Morgan fingerprint density at radius 3 is 2.80 bits per heavy atom. The molecule has 1 saturated carbocycles. The van der Waals surface area contributed by atoms with Gasteiger partial charge in [0.05, 0.1) is 5.60 Å². The van der Waals surface area contributed by atoms with Gasteiger partial charge in [0.1, 0.15) is 5.69 Å². The summed E-state index contributed by atoms with van der Waals surface area (Å²) in [5.41, 5.74) is 0.645. The molecule has 0 bridgehead atoms. The van der Waals surface area contributed by atoms with Gasteiger partial charge in [-0.1, -0.05) is 33.1 Å². The fourth-order valence-corrected chi connectivity index (χ4v) is 2.74. The highest BCUT2D eigenvalue weighted by Gasteiger charge is 2.29. The second-order valence-corrected chi connectivity index (χ2v) is 6.34. The van der Waals surface area contributed by atoms with Gasteiger partial charge in [-0.2, -0.15) is 5.10 Å². The maximum absolute atomic E-state index is 12.0. The van der Waals surface area contributed by atoms with Gasteiger partial charge >= 0.3 is 0 Å². The van der Waals surface area contributed by atoms with Crippen molar-refractivity contribution in [3.63, 3.8) is 0 Å². The number of aromatic nitrogens is 2. The molecule has 1 aromatic heterocycles. The first-order valence-corrected chi connectivity index (χ1v) is 7.53. The third-order valence-corrected chi connectivity index (χ3v) is 3.85. The summed E-state index contributed by atoms with van der Waals surface area (Å²) in [5, 5.41) is 20.1. The van der Waals surface area contributed by atoms with Gasteiger partial charge in [-0.25, -0.2) is 0 Å². The molecule has 1 aliphatic carbocycles. The van der Waals surface area contributed by atoms with E-state index >= 15 is 0 Å². The van der Waals surface area contributed by atoms with Crippen molar-refractivity contribution in [3.8, 4) is 0 Å². The molecule has 1 aromatic rings. The predicted octanol–water partition coefficient (Wildman–Crippen LogP) is 2.03. The fraction of sp³-hybridized carbons (Fsp3) is 0.733. The van der Waals surface area contributed by atoms with E-state index in [-0.39, 0.29) is 5.91 Å². The molecule has 0 radical (unpaired) electrons. The number of amides is 1. The molecule has 0 spiro atoms. The lowest BCUT2D eigenvalue weighted by molar-refractivity contribution is 0.00521. The third kappa shape index (κ3) is 4.07. The lowest BCUT2D eigenvalue weighted by Gasteiger charge is -2.31. The Kier molecular flexibility index (Phi) is 4.81. The van der Waals surface area contributed by atoms with Crippen molar-refractivity contribution >= 4 is 5.91 Å². The highest BCUT2D eigenvalue weighted by molar-refractivity contribution is 5.92. The van der Waals surface area contributed by atoms with Crippen molar-refractivity contribution in [2.75, 3.05) is 6.54 Å². The van der Waals surface area contributed by atoms with E-state index in [0.29, 0.717) is 18.2 Å². The van der Waals surface area contributed by atoms with Gasteiger partial charge in [0.2, 0.25) is 0 Å². The van der Waals surface area contributed by atoms with Crippen LogP contribution in [-0.4, -0.2) is 33.4 Å². The van der Waals surface area contributed by atoms with Crippen molar-refractivity contribution in [3.05, 3.63) is 17.5 Å². The lowest BCUT2D eigenvalue weighted by Crippen LogP contribution is -2.44. The molecular formula is C15H25N3O2. The summed E-state index contributed by atoms with van der Waals surface area (Å²) in [5.74, 6) is 0.310. The maximum Gasteiger partial charge on any atom is 0.271 e. The largest absolute Gasteiger partial charge is 0.388 e. The Bertz CT molecular complexity index is 448. The first kappa shape index (κ1) is 15.0. The maximum atomic E-state index is 12.0. The van der Waals surface area contributed by atoms with Crippen LogP contribution in [0.15, 0.2) is 6.07 Å². The summed E-state index contributed by atoms with van der Waals surface area (Å²) in [4.78, 5) is 12.0. The number of hydrogen-bond donors (Lipinski definition) is 3. The minimum atomic E-state index is -0.731. The Balaban J connectivity index is 1.86. The number of nitrogens with one attached hydrogen (secondary N) is 2. The Hall–Kier alpha value is -1.36. The van der Waals surface area contributed by atoms with Crippen LogP contribution >= 0.6 is 0 Å². The number of carbonyl (C=O) groups excluding carboxylic acids is 1. The summed E-state index contributed by atoms with van der Waals surface area (Å²) in [7, 11) is 0. The summed E-state index contributed by atoms with van der Waals surface area (Å²) in [6.07, 6.45) is 5.66. The van der Waals surface area contributed by atoms with Gasteiger partial charge in [0.15, 0.2) is 0 Å². The van der Waals surface area contributed by atoms with Crippen LogP contribution in [0.5, 0.6) is 0 Å². The zero-order valence-electron chi connectivity index (χ0n) is 12.4. The van der Waals surface area contributed by atoms with E-state index in [1.54, 1.807) is 6.07 Å². The van der Waals surface area contributed by atoms with E-state index in [2.05, 4.69) is 29.4 Å². The van der Waals surface area contributed by atoms with E-state index in [9.17, 15) is 9.90 Å². The average molecular weight is 279 g/mol. The van der Waals surface area contributed by atoms with Crippen LogP contribution in [-0.2, 0) is 6.42 Å². The summed E-state index contributed by atoms with van der Waals surface area (Å²) in [6.45, 7) is 4.57. The fourth-order valence-electron chi connectivity index (χ4n) is 2.74. The molecule has 1 heterocycles. The van der Waals surface area contributed by atoms with Crippen LogP contribution in [0, 0.1) is 5.92 Å². The first-order chi connectivity index (χ1) is 9.48. The number of H-pyrrole nitrogens is 1. The topological polar surface area (TPSA) is 78.0 Å². The van der Waals surface area contributed by atoms with Crippen LogP contribution in [0.2, 0.25) is 0 Å². The molecule has 5 heteroatoms. The Morgan fingerprint density at radius 2 is 2.15 bits per heavy atom. The normalized spacial score (nSPS) is 18.2. The molecule has 1 aliphatic rings. The van der Waals surface area contributed by atoms with E-state index in [0.717, 1.165) is 37.8 Å². The second-order valence-electron chi connectivity index (χ2n) is 6.34. The molecule has 1 fully saturated rings. The van der Waals surface area contributed by atoms with E-state index < -0.39 is 5.60 Å². The monoisotopic (exact) mass is 279 g/mol. The molecule has 0 aliphatic heterocycles. The van der Waals surface area contributed by atoms with Crippen molar-refractivity contribution in [1.29, 1.82) is 0 Å². The molecule has 2 rings (SSSR count). The van der Waals surface area contributed by atoms with Crippen LogP contribution in [0.25, 0.3) is 0 Å². The number of hydrogen-bond acceptors (Lipinski definition) is 3. The molecule has 0 unspecified atom stereocenters. The molecule has 0 atom stereocenters. The van der Waals surface area contributed by atoms with Crippen molar-refractivity contribution in [2.24, 2.45) is 5.92 Å². The van der Waals surface area contributed by atoms with Crippen molar-refractivity contribution in [1.82, 2.24) is 15.5 Å². The smallest absolute Gasteiger partial charge is 0.271 e. The number of nitrogens with zero attached hydrogens (tertiary/aromatic N) is 1. The van der Waals surface area contributed by atoms with Crippen LogP contribution in [0.1, 0.15) is 62.1 Å². The average Bonchev–Trinajstić information content (AvgIpc) is 2.85. The van der Waals surface area contributed by atoms with Gasteiger partial charge in [0, 0.05) is 12.2 Å². The molecule has 3 N–H and O–H groups in total. The van der Waals surface area contributed by atoms with Gasteiger partial charge in [-0.3, -0.25) is 9.89 Å². The van der Waals surface area contributed by atoms with Crippen molar-refractivity contribution in [2.45, 2.75) is 58.0 Å². The third-order valence-electron chi connectivity index (χ3n) is 3.85. The highest BCUT2D eigenvalue weighted by atomic mass is 16.3. The standard InChI is InChI=1S/C15H25N3O2/c1-11(2)8-12-9-13(18-17-12)14(19)16-10-15(20)6-4-3-5-7-15/h9,11,20H,3-8,10H2,1-2H3,(H,16,19)(H,17,18). The number of carbonyl (C=O) groups is 1. The molecule has 1 amide bonds. The minimum absolute atomic E-state index is 0.213. The molecular weight excluding hydrogens is 254 g/mol. The van der Waals surface area contributed by atoms with E-state index in [1.165, 1.54) is 6.42 Å². The highest BCUT2D eigenvalue weighted by Crippen LogP contribution is 2.27. The van der Waals surface area contributed by atoms with E-state index in [1.807, 2.05) is 0 Å². The summed E-state index contributed by atoms with van der Waals surface area (Å²) < 4.78 is 0. The summed E-state index contributed by atoms with van der Waals surface area (Å²) >= 11 is 0. The van der Waals surface area contributed by atoms with Gasteiger partial charge in [0.25, 0.3) is 5.91 Å². The predicted molar refractivity (Wildman–Crippen MR) is 77.5 cm³/mol. The second kappa shape index (κ2) is 6.39. The number of aromatic amines is 1. The SMILES string of the molecule is CC(C)Cc1cc(C(=O)NCC2(O)CCCCC2)n[nH]1. The zero-order valence-corrected chi connectivity index (χ0v) is 12.4. The van der Waals surface area contributed by atoms with Gasteiger partial charge in [-0.15, -0.1) is 0 Å². The summed E-state index contributed by atoms with van der Waals surface area (Å²) in [6, 6.07) is 1.79. The van der Waals surface area contributed by atoms with Crippen LogP contribution in [0.3, 0.4) is 0 Å². The van der Waals surface area contributed by atoms with Gasteiger partial charge < -0.3 is 10.4 Å². The zero-order chi connectivity index (χ0) is 14.6. The molecule has 0 saturated heterocycles. The van der Waals surface area contributed by atoms with Crippen LogP contribution < -0.4 is 5.32 Å². The molecule has 112 valence electrons. The van der Waals surface area contributed by atoms with Crippen LogP contribution in [0.4, 0.5) is 0 Å². The molecule has 0 aromatic carbocycles. The quantitative estimate of drug-likeness (QED) is 0.771.